The maximum absolute atomic E-state index is 11.4. The first-order chi connectivity index (χ1) is 9.24. The van der Waals surface area contributed by atoms with Gasteiger partial charge in [-0.15, -0.1) is 0 Å². The van der Waals surface area contributed by atoms with Crippen LogP contribution in [0.25, 0.3) is 0 Å². The standard InChI is InChI=1S/C12H15N3O3S/c1-3-18-12(16)14-11-15(7-8-19-11)9-5-4-6-10(13-9)17-2/h4-6H,3,7-8H2,1-2H3/b14-11-. The zero-order valence-corrected chi connectivity index (χ0v) is 11.6. The third-order valence-corrected chi connectivity index (χ3v) is 3.38. The summed E-state index contributed by atoms with van der Waals surface area (Å²) in [6, 6.07) is 5.48. The van der Waals surface area contributed by atoms with Crippen LogP contribution in [-0.4, -0.2) is 42.3 Å². The van der Waals surface area contributed by atoms with E-state index < -0.39 is 6.09 Å². The van der Waals surface area contributed by atoms with Crippen molar-refractivity contribution in [2.45, 2.75) is 6.92 Å². The summed E-state index contributed by atoms with van der Waals surface area (Å²) >= 11 is 1.51. The summed E-state index contributed by atoms with van der Waals surface area (Å²) in [6.45, 7) is 2.82. The molecule has 0 N–H and O–H groups in total. The van der Waals surface area contributed by atoms with Gasteiger partial charge in [-0.25, -0.2) is 4.79 Å². The van der Waals surface area contributed by atoms with Crippen molar-refractivity contribution in [3.63, 3.8) is 0 Å². The summed E-state index contributed by atoms with van der Waals surface area (Å²) in [5, 5.41) is 0.610. The van der Waals surface area contributed by atoms with Crippen LogP contribution >= 0.6 is 11.8 Å². The molecule has 0 spiro atoms. The van der Waals surface area contributed by atoms with Crippen LogP contribution in [0.4, 0.5) is 10.6 Å². The molecule has 1 aromatic rings. The lowest BCUT2D eigenvalue weighted by Crippen LogP contribution is -2.25. The first-order valence-corrected chi connectivity index (χ1v) is 6.90. The van der Waals surface area contributed by atoms with E-state index >= 15 is 0 Å². The highest BCUT2D eigenvalue weighted by Crippen LogP contribution is 2.25. The fourth-order valence-electron chi connectivity index (χ4n) is 1.61. The second-order valence-electron chi connectivity index (χ2n) is 3.63. The molecule has 0 bridgehead atoms. The molecule has 1 fully saturated rings. The highest BCUT2D eigenvalue weighted by molar-refractivity contribution is 8.14. The number of hydrogen-bond donors (Lipinski definition) is 0. The Morgan fingerprint density at radius 3 is 3.16 bits per heavy atom. The number of thioether (sulfide) groups is 1. The Labute approximate surface area is 115 Å². The largest absolute Gasteiger partial charge is 0.481 e. The number of hydrogen-bond acceptors (Lipinski definition) is 5. The van der Waals surface area contributed by atoms with Gasteiger partial charge in [0.2, 0.25) is 5.88 Å². The van der Waals surface area contributed by atoms with E-state index in [1.807, 2.05) is 17.0 Å². The van der Waals surface area contributed by atoms with Gasteiger partial charge in [-0.05, 0) is 13.0 Å². The van der Waals surface area contributed by atoms with Gasteiger partial charge in [0.1, 0.15) is 5.82 Å². The predicted molar refractivity (Wildman–Crippen MR) is 75.1 cm³/mol. The Morgan fingerprint density at radius 1 is 1.58 bits per heavy atom. The van der Waals surface area contributed by atoms with Crippen LogP contribution in [0.1, 0.15) is 6.92 Å². The number of aliphatic imine (C=N–C) groups is 1. The quantitative estimate of drug-likeness (QED) is 0.846. The van der Waals surface area contributed by atoms with Gasteiger partial charge in [-0.3, -0.25) is 0 Å². The number of amidine groups is 1. The molecular formula is C12H15N3O3S. The van der Waals surface area contributed by atoms with Crippen LogP contribution in [0.5, 0.6) is 5.88 Å². The van der Waals surface area contributed by atoms with Crippen LogP contribution in [0.3, 0.4) is 0 Å². The van der Waals surface area contributed by atoms with E-state index in [1.165, 1.54) is 11.8 Å². The summed E-state index contributed by atoms with van der Waals surface area (Å²) in [7, 11) is 1.57. The number of methoxy groups -OCH3 is 1. The number of carbonyl (C=O) groups excluding carboxylic acids is 1. The molecule has 1 aliphatic heterocycles. The molecule has 0 saturated carbocycles. The van der Waals surface area contributed by atoms with E-state index in [0.29, 0.717) is 23.5 Å². The minimum atomic E-state index is -0.570. The van der Waals surface area contributed by atoms with E-state index in [4.69, 9.17) is 9.47 Å². The third-order valence-electron chi connectivity index (χ3n) is 2.43. The van der Waals surface area contributed by atoms with Gasteiger partial charge in [0, 0.05) is 18.4 Å². The molecule has 2 heterocycles. The molecule has 1 aliphatic rings. The SMILES string of the molecule is CCOC(=O)/N=C1\SCCN1c1cccc(OC)n1. The van der Waals surface area contributed by atoms with Crippen molar-refractivity contribution < 1.29 is 14.3 Å². The lowest BCUT2D eigenvalue weighted by Gasteiger charge is -2.16. The monoisotopic (exact) mass is 281 g/mol. The molecular weight excluding hydrogens is 266 g/mol. The third kappa shape index (κ3) is 3.37. The van der Waals surface area contributed by atoms with Gasteiger partial charge in [0.15, 0.2) is 5.17 Å². The molecule has 2 rings (SSSR count). The second-order valence-corrected chi connectivity index (χ2v) is 4.69. The predicted octanol–water partition coefficient (Wildman–Crippen LogP) is 2.16. The van der Waals surface area contributed by atoms with Crippen LogP contribution in [0, 0.1) is 0 Å². The molecule has 0 atom stereocenters. The van der Waals surface area contributed by atoms with Gasteiger partial charge < -0.3 is 14.4 Å². The maximum Gasteiger partial charge on any atom is 0.436 e. The van der Waals surface area contributed by atoms with E-state index in [-0.39, 0.29) is 0 Å². The van der Waals surface area contributed by atoms with Crippen molar-refractivity contribution in [1.29, 1.82) is 0 Å². The first-order valence-electron chi connectivity index (χ1n) is 5.91. The molecule has 0 aromatic carbocycles. The van der Waals surface area contributed by atoms with Crippen molar-refractivity contribution >= 4 is 28.8 Å². The Balaban J connectivity index is 2.20. The van der Waals surface area contributed by atoms with Crippen molar-refractivity contribution in [1.82, 2.24) is 4.98 Å². The number of amides is 1. The fraction of sp³-hybridized carbons (Fsp3) is 0.417. The molecule has 102 valence electrons. The summed E-state index contributed by atoms with van der Waals surface area (Å²) in [5.41, 5.74) is 0. The minimum absolute atomic E-state index is 0.317. The summed E-state index contributed by atoms with van der Waals surface area (Å²) in [5.74, 6) is 2.11. The van der Waals surface area contributed by atoms with Crippen LogP contribution in [0.2, 0.25) is 0 Å². The van der Waals surface area contributed by atoms with Crippen molar-refractivity contribution in [2.75, 3.05) is 30.9 Å². The molecule has 19 heavy (non-hydrogen) atoms. The highest BCUT2D eigenvalue weighted by Gasteiger charge is 2.23. The number of aromatic nitrogens is 1. The maximum atomic E-state index is 11.4. The molecule has 0 radical (unpaired) electrons. The lowest BCUT2D eigenvalue weighted by atomic mass is 10.4. The number of anilines is 1. The van der Waals surface area contributed by atoms with Gasteiger partial charge >= 0.3 is 6.09 Å². The van der Waals surface area contributed by atoms with Crippen LogP contribution in [-0.2, 0) is 4.74 Å². The summed E-state index contributed by atoms with van der Waals surface area (Å²) < 4.78 is 9.91. The number of pyridine rings is 1. The van der Waals surface area contributed by atoms with Gasteiger partial charge in [0.05, 0.1) is 13.7 Å². The van der Waals surface area contributed by atoms with E-state index in [2.05, 4.69) is 9.98 Å². The topological polar surface area (TPSA) is 64.0 Å². The second kappa shape index (κ2) is 6.42. The van der Waals surface area contributed by atoms with Crippen molar-refractivity contribution in [3.05, 3.63) is 18.2 Å². The molecule has 1 aromatic heterocycles. The summed E-state index contributed by atoms with van der Waals surface area (Å²) in [6.07, 6.45) is -0.570. The number of rotatable bonds is 3. The first kappa shape index (κ1) is 13.7. The molecule has 1 saturated heterocycles. The Bertz CT molecular complexity index is 493. The smallest absolute Gasteiger partial charge is 0.436 e. The Hall–Kier alpha value is -1.76. The van der Waals surface area contributed by atoms with Gasteiger partial charge in [-0.1, -0.05) is 17.8 Å². The fourth-order valence-corrected chi connectivity index (χ4v) is 2.54. The average Bonchev–Trinajstić information content (AvgIpc) is 2.87. The molecule has 0 aliphatic carbocycles. The highest BCUT2D eigenvalue weighted by atomic mass is 32.2. The summed E-state index contributed by atoms with van der Waals surface area (Å²) in [4.78, 5) is 21.6. The molecule has 7 heteroatoms. The van der Waals surface area contributed by atoms with E-state index in [0.717, 1.165) is 12.3 Å². The van der Waals surface area contributed by atoms with E-state index in [1.54, 1.807) is 20.1 Å². The van der Waals surface area contributed by atoms with Crippen molar-refractivity contribution in [2.24, 2.45) is 4.99 Å². The average molecular weight is 281 g/mol. The zero-order valence-electron chi connectivity index (χ0n) is 10.8. The minimum Gasteiger partial charge on any atom is -0.481 e. The van der Waals surface area contributed by atoms with Gasteiger partial charge in [-0.2, -0.15) is 9.98 Å². The van der Waals surface area contributed by atoms with Gasteiger partial charge in [0.25, 0.3) is 0 Å². The van der Waals surface area contributed by atoms with Crippen LogP contribution < -0.4 is 9.64 Å². The molecule has 0 unspecified atom stereocenters. The Kier molecular flexibility index (Phi) is 4.62. The zero-order chi connectivity index (χ0) is 13.7. The number of carbonyl (C=O) groups is 1. The lowest BCUT2D eigenvalue weighted by molar-refractivity contribution is 0.163. The number of ether oxygens (including phenoxy) is 2. The van der Waals surface area contributed by atoms with Crippen molar-refractivity contribution in [3.8, 4) is 5.88 Å². The normalized spacial score (nSPS) is 16.7. The molecule has 6 nitrogen and oxygen atoms in total. The number of nitrogens with zero attached hydrogens (tertiary/aromatic N) is 3. The van der Waals surface area contributed by atoms with Crippen LogP contribution in [0.15, 0.2) is 23.2 Å². The Morgan fingerprint density at radius 2 is 2.42 bits per heavy atom. The van der Waals surface area contributed by atoms with E-state index in [9.17, 15) is 4.79 Å². The molecule has 1 amide bonds.